The zero-order valence-electron chi connectivity index (χ0n) is 20.6. The average Bonchev–Trinajstić information content (AvgIpc) is 2.85. The lowest BCUT2D eigenvalue weighted by Gasteiger charge is -2.47. The Morgan fingerprint density at radius 2 is 1.76 bits per heavy atom. The number of hydrogen-bond donors (Lipinski definition) is 1. The maximum Gasteiger partial charge on any atom is 0.573 e. The van der Waals surface area contributed by atoms with E-state index in [-0.39, 0.29) is 30.5 Å². The van der Waals surface area contributed by atoms with Gasteiger partial charge in [-0.1, -0.05) is 18.2 Å². The lowest BCUT2D eigenvalue weighted by Crippen LogP contribution is -2.58. The smallest absolute Gasteiger partial charge is 0.496 e. The van der Waals surface area contributed by atoms with Gasteiger partial charge in [0.2, 0.25) is 11.8 Å². The second-order valence-corrected chi connectivity index (χ2v) is 9.23. The minimum atomic E-state index is -4.77. The minimum Gasteiger partial charge on any atom is -0.496 e. The predicted molar refractivity (Wildman–Crippen MR) is 129 cm³/mol. The van der Waals surface area contributed by atoms with E-state index in [0.29, 0.717) is 57.1 Å². The maximum atomic E-state index is 12.9. The van der Waals surface area contributed by atoms with Gasteiger partial charge in [-0.05, 0) is 43.2 Å². The Morgan fingerprint density at radius 3 is 2.43 bits per heavy atom. The van der Waals surface area contributed by atoms with Gasteiger partial charge in [-0.25, -0.2) is 0 Å². The number of methoxy groups -OCH3 is 1. The first-order chi connectivity index (χ1) is 17.6. The fourth-order valence-corrected chi connectivity index (χ4v) is 4.79. The number of amides is 2. The van der Waals surface area contributed by atoms with Gasteiger partial charge >= 0.3 is 6.36 Å². The molecule has 1 N–H and O–H groups in total. The summed E-state index contributed by atoms with van der Waals surface area (Å²) in [6, 6.07) is 12.5. The van der Waals surface area contributed by atoms with E-state index < -0.39 is 12.0 Å². The van der Waals surface area contributed by atoms with E-state index in [1.165, 1.54) is 12.1 Å². The van der Waals surface area contributed by atoms with E-state index in [1.54, 1.807) is 7.11 Å². The standard InChI is InChI=1S/C26H30F3N3O5/c1-35-22-5-3-2-4-19(22)16-24(34)32-12-10-25(11-13-32)18-31(14-15-36-25)17-23(33)30-20-6-8-21(9-7-20)37-26(27,28)29/h2-9H,10-18H2,1H3,(H,30,33). The number of morpholine rings is 1. The number of carbonyl (C=O) groups is 2. The van der Waals surface area contributed by atoms with Crippen molar-refractivity contribution in [2.45, 2.75) is 31.2 Å². The van der Waals surface area contributed by atoms with Gasteiger partial charge in [-0.2, -0.15) is 0 Å². The number of nitrogens with one attached hydrogen (secondary N) is 1. The number of para-hydroxylation sites is 1. The van der Waals surface area contributed by atoms with Gasteiger partial charge in [-0.15, -0.1) is 13.2 Å². The van der Waals surface area contributed by atoms with Crippen LogP contribution in [0, 0.1) is 0 Å². The Balaban J connectivity index is 1.25. The Hall–Kier alpha value is -3.31. The first-order valence-corrected chi connectivity index (χ1v) is 12.1. The maximum absolute atomic E-state index is 12.9. The van der Waals surface area contributed by atoms with Crippen LogP contribution in [0.2, 0.25) is 0 Å². The molecule has 4 rings (SSSR count). The van der Waals surface area contributed by atoms with Crippen LogP contribution in [-0.2, 0) is 20.7 Å². The van der Waals surface area contributed by atoms with Gasteiger partial charge in [0.25, 0.3) is 0 Å². The molecular weight excluding hydrogens is 491 g/mol. The number of carbonyl (C=O) groups excluding carboxylic acids is 2. The van der Waals surface area contributed by atoms with Crippen LogP contribution in [0.3, 0.4) is 0 Å². The van der Waals surface area contributed by atoms with Gasteiger partial charge < -0.3 is 24.4 Å². The molecule has 0 aliphatic carbocycles. The highest BCUT2D eigenvalue weighted by molar-refractivity contribution is 5.92. The summed E-state index contributed by atoms with van der Waals surface area (Å²) in [6.45, 7) is 2.90. The SMILES string of the molecule is COc1ccccc1CC(=O)N1CCC2(CC1)CN(CC(=O)Nc1ccc(OC(F)(F)F)cc1)CCO2. The van der Waals surface area contributed by atoms with Crippen molar-refractivity contribution in [3.63, 3.8) is 0 Å². The molecule has 1 spiro atoms. The van der Waals surface area contributed by atoms with E-state index in [9.17, 15) is 22.8 Å². The number of rotatable bonds is 7. The zero-order chi connectivity index (χ0) is 26.5. The first kappa shape index (κ1) is 26.7. The normalized spacial score (nSPS) is 17.9. The van der Waals surface area contributed by atoms with Gasteiger partial charge in [-0.3, -0.25) is 14.5 Å². The quantitative estimate of drug-likeness (QED) is 0.601. The topological polar surface area (TPSA) is 80.3 Å². The highest BCUT2D eigenvalue weighted by Gasteiger charge is 2.41. The van der Waals surface area contributed by atoms with Crippen molar-refractivity contribution < 1.29 is 37.0 Å². The van der Waals surface area contributed by atoms with Gasteiger partial charge in [0, 0.05) is 37.4 Å². The van der Waals surface area contributed by atoms with E-state index >= 15 is 0 Å². The Bertz CT molecular complexity index is 1090. The number of halogens is 3. The number of alkyl halides is 3. The summed E-state index contributed by atoms with van der Waals surface area (Å²) in [5.41, 5.74) is 0.810. The molecule has 0 aromatic heterocycles. The molecule has 2 heterocycles. The third-order valence-corrected chi connectivity index (χ3v) is 6.63. The molecule has 2 amide bonds. The number of nitrogens with zero attached hydrogens (tertiary/aromatic N) is 2. The summed E-state index contributed by atoms with van der Waals surface area (Å²) in [5, 5.41) is 2.70. The summed E-state index contributed by atoms with van der Waals surface area (Å²) < 4.78 is 52.3. The third kappa shape index (κ3) is 7.36. The van der Waals surface area contributed by atoms with E-state index in [2.05, 4.69) is 10.1 Å². The van der Waals surface area contributed by atoms with Crippen LogP contribution in [0.15, 0.2) is 48.5 Å². The lowest BCUT2D eigenvalue weighted by molar-refractivity contribution is -0.274. The van der Waals surface area contributed by atoms with Crippen molar-refractivity contribution >= 4 is 17.5 Å². The van der Waals surface area contributed by atoms with Crippen molar-refractivity contribution in [1.29, 1.82) is 0 Å². The van der Waals surface area contributed by atoms with Crippen molar-refractivity contribution in [3.8, 4) is 11.5 Å². The Morgan fingerprint density at radius 1 is 1.05 bits per heavy atom. The monoisotopic (exact) mass is 521 g/mol. The van der Waals surface area contributed by atoms with Gasteiger partial charge in [0.15, 0.2) is 0 Å². The van der Waals surface area contributed by atoms with E-state index in [1.807, 2.05) is 34.1 Å². The van der Waals surface area contributed by atoms with Crippen LogP contribution in [0.5, 0.6) is 11.5 Å². The van der Waals surface area contributed by atoms with Crippen molar-refractivity contribution in [3.05, 3.63) is 54.1 Å². The third-order valence-electron chi connectivity index (χ3n) is 6.63. The lowest BCUT2D eigenvalue weighted by atomic mass is 9.89. The molecule has 2 aliphatic heterocycles. The summed E-state index contributed by atoms with van der Waals surface area (Å²) in [6.07, 6.45) is -3.16. The number of likely N-dealkylation sites (tertiary alicyclic amines) is 1. The molecule has 2 aliphatic rings. The van der Waals surface area contributed by atoms with Gasteiger partial charge in [0.05, 0.1) is 32.3 Å². The number of hydrogen-bond acceptors (Lipinski definition) is 6. The van der Waals surface area contributed by atoms with Crippen molar-refractivity contribution in [2.75, 3.05) is 51.8 Å². The minimum absolute atomic E-state index is 0.0399. The number of ether oxygens (including phenoxy) is 3. The highest BCUT2D eigenvalue weighted by Crippen LogP contribution is 2.31. The molecule has 0 unspecified atom stereocenters. The molecule has 0 radical (unpaired) electrons. The van der Waals surface area contributed by atoms with Gasteiger partial charge in [0.1, 0.15) is 11.5 Å². The second-order valence-electron chi connectivity index (χ2n) is 9.23. The molecule has 2 aromatic carbocycles. The van der Waals surface area contributed by atoms with Crippen LogP contribution in [0.1, 0.15) is 18.4 Å². The van der Waals surface area contributed by atoms with Crippen LogP contribution < -0.4 is 14.8 Å². The van der Waals surface area contributed by atoms with Crippen LogP contribution in [0.4, 0.5) is 18.9 Å². The summed E-state index contributed by atoms with van der Waals surface area (Å²) in [5.74, 6) is 0.108. The molecule has 200 valence electrons. The summed E-state index contributed by atoms with van der Waals surface area (Å²) >= 11 is 0. The summed E-state index contributed by atoms with van der Waals surface area (Å²) in [4.78, 5) is 29.3. The van der Waals surface area contributed by atoms with E-state index in [4.69, 9.17) is 9.47 Å². The molecule has 37 heavy (non-hydrogen) atoms. The average molecular weight is 522 g/mol. The van der Waals surface area contributed by atoms with Crippen LogP contribution in [0.25, 0.3) is 0 Å². The molecular formula is C26H30F3N3O5. The summed E-state index contributed by atoms with van der Waals surface area (Å²) in [7, 11) is 1.59. The molecule has 2 aromatic rings. The largest absolute Gasteiger partial charge is 0.573 e. The number of anilines is 1. The number of piperidine rings is 1. The fraction of sp³-hybridized carbons (Fsp3) is 0.462. The second kappa shape index (κ2) is 11.4. The molecule has 0 saturated carbocycles. The molecule has 11 heteroatoms. The molecule has 0 bridgehead atoms. The predicted octanol–water partition coefficient (Wildman–Crippen LogP) is 3.47. The molecule has 0 atom stereocenters. The van der Waals surface area contributed by atoms with Crippen molar-refractivity contribution in [1.82, 2.24) is 9.80 Å². The van der Waals surface area contributed by atoms with Crippen molar-refractivity contribution in [2.24, 2.45) is 0 Å². The van der Waals surface area contributed by atoms with E-state index in [0.717, 1.165) is 17.7 Å². The fourth-order valence-electron chi connectivity index (χ4n) is 4.79. The molecule has 8 nitrogen and oxygen atoms in total. The Kier molecular flexibility index (Phi) is 8.23. The Labute approximate surface area is 213 Å². The number of benzene rings is 2. The molecule has 2 fully saturated rings. The molecule has 2 saturated heterocycles. The zero-order valence-corrected chi connectivity index (χ0v) is 20.6. The highest BCUT2D eigenvalue weighted by atomic mass is 19.4. The van der Waals surface area contributed by atoms with Crippen LogP contribution in [-0.4, -0.2) is 80.0 Å². The van der Waals surface area contributed by atoms with Crippen LogP contribution >= 0.6 is 0 Å². The first-order valence-electron chi connectivity index (χ1n) is 12.1.